The fourth-order valence-corrected chi connectivity index (χ4v) is 2.94. The van der Waals surface area contributed by atoms with E-state index in [4.69, 9.17) is 0 Å². The standard InChI is InChI=1S/C14H17N3O3/c1-16-11(3-5-13(16)19)14(20)17-7-6-10-9(8-17)2-4-12(18)15-10/h2,4,11H,3,5-8H2,1H3,(H,15,18). The van der Waals surface area contributed by atoms with Gasteiger partial charge in [0.25, 0.3) is 0 Å². The first-order valence-corrected chi connectivity index (χ1v) is 6.82. The highest BCUT2D eigenvalue weighted by molar-refractivity contribution is 5.90. The monoisotopic (exact) mass is 275 g/mol. The maximum absolute atomic E-state index is 12.5. The van der Waals surface area contributed by atoms with Crippen LogP contribution in [-0.2, 0) is 22.6 Å². The SMILES string of the molecule is CN1C(=O)CCC1C(=O)N1CCc2[nH]c(=O)ccc2C1. The van der Waals surface area contributed by atoms with Crippen LogP contribution in [0.15, 0.2) is 16.9 Å². The van der Waals surface area contributed by atoms with Gasteiger partial charge in [-0.2, -0.15) is 0 Å². The number of nitrogens with one attached hydrogen (secondary N) is 1. The predicted molar refractivity (Wildman–Crippen MR) is 72.0 cm³/mol. The summed E-state index contributed by atoms with van der Waals surface area (Å²) in [6.45, 7) is 1.09. The molecule has 6 heteroatoms. The molecule has 1 aromatic rings. The van der Waals surface area contributed by atoms with Crippen LogP contribution in [0.4, 0.5) is 0 Å². The third-order valence-corrected chi connectivity index (χ3v) is 4.18. The van der Waals surface area contributed by atoms with Gasteiger partial charge in [-0.05, 0) is 12.0 Å². The van der Waals surface area contributed by atoms with Crippen molar-refractivity contribution in [2.24, 2.45) is 0 Å². The normalized spacial score (nSPS) is 22.1. The molecule has 0 aliphatic carbocycles. The first-order valence-electron chi connectivity index (χ1n) is 6.82. The Balaban J connectivity index is 1.77. The van der Waals surface area contributed by atoms with E-state index in [1.165, 1.54) is 6.07 Å². The van der Waals surface area contributed by atoms with Crippen molar-refractivity contribution in [1.29, 1.82) is 0 Å². The summed E-state index contributed by atoms with van der Waals surface area (Å²) in [5, 5.41) is 0. The average molecular weight is 275 g/mol. The van der Waals surface area contributed by atoms with Crippen LogP contribution in [0, 0.1) is 0 Å². The fraction of sp³-hybridized carbons (Fsp3) is 0.500. The Bertz CT molecular complexity index is 622. The Kier molecular flexibility index (Phi) is 3.08. The highest BCUT2D eigenvalue weighted by atomic mass is 16.2. The zero-order valence-electron chi connectivity index (χ0n) is 11.4. The number of hydrogen-bond donors (Lipinski definition) is 1. The molecular weight excluding hydrogens is 258 g/mol. The number of pyridine rings is 1. The van der Waals surface area contributed by atoms with Gasteiger partial charge in [0.1, 0.15) is 6.04 Å². The lowest BCUT2D eigenvalue weighted by Crippen LogP contribution is -2.47. The minimum Gasteiger partial charge on any atom is -0.336 e. The molecule has 1 N–H and O–H groups in total. The zero-order valence-corrected chi connectivity index (χ0v) is 11.4. The number of likely N-dealkylation sites (N-methyl/N-ethyl adjacent to an activating group) is 1. The molecule has 2 amide bonds. The van der Waals surface area contributed by atoms with Gasteiger partial charge in [0.2, 0.25) is 17.4 Å². The number of H-pyrrole nitrogens is 1. The van der Waals surface area contributed by atoms with E-state index in [0.29, 0.717) is 32.4 Å². The van der Waals surface area contributed by atoms with Crippen LogP contribution in [-0.4, -0.2) is 46.2 Å². The van der Waals surface area contributed by atoms with Crippen LogP contribution in [0.25, 0.3) is 0 Å². The van der Waals surface area contributed by atoms with E-state index >= 15 is 0 Å². The van der Waals surface area contributed by atoms with Crippen molar-refractivity contribution >= 4 is 11.8 Å². The number of amides is 2. The number of nitrogens with zero attached hydrogens (tertiary/aromatic N) is 2. The maximum Gasteiger partial charge on any atom is 0.248 e. The summed E-state index contributed by atoms with van der Waals surface area (Å²) >= 11 is 0. The second-order valence-corrected chi connectivity index (χ2v) is 5.40. The molecule has 1 aromatic heterocycles. The predicted octanol–water partition coefficient (Wildman–Crippen LogP) is -0.120. The summed E-state index contributed by atoms with van der Waals surface area (Å²) in [6, 6.07) is 2.93. The minimum absolute atomic E-state index is 0.00944. The van der Waals surface area contributed by atoms with Gasteiger partial charge in [0.05, 0.1) is 0 Å². The largest absolute Gasteiger partial charge is 0.336 e. The van der Waals surface area contributed by atoms with Crippen LogP contribution in [0.5, 0.6) is 0 Å². The first-order chi connectivity index (χ1) is 9.56. The van der Waals surface area contributed by atoms with Crippen molar-refractivity contribution in [3.05, 3.63) is 33.7 Å². The number of aromatic nitrogens is 1. The number of likely N-dealkylation sites (tertiary alicyclic amines) is 1. The molecule has 6 nitrogen and oxygen atoms in total. The van der Waals surface area contributed by atoms with E-state index in [-0.39, 0.29) is 23.4 Å². The quantitative estimate of drug-likeness (QED) is 0.776. The molecule has 1 fully saturated rings. The fourth-order valence-electron chi connectivity index (χ4n) is 2.94. The molecule has 0 aromatic carbocycles. The number of rotatable bonds is 1. The molecule has 3 heterocycles. The number of hydrogen-bond acceptors (Lipinski definition) is 3. The van der Waals surface area contributed by atoms with E-state index in [9.17, 15) is 14.4 Å². The molecule has 0 bridgehead atoms. The zero-order chi connectivity index (χ0) is 14.3. The Morgan fingerprint density at radius 2 is 2.10 bits per heavy atom. The second-order valence-electron chi connectivity index (χ2n) is 5.40. The van der Waals surface area contributed by atoms with E-state index < -0.39 is 0 Å². The summed E-state index contributed by atoms with van der Waals surface area (Å²) in [4.78, 5) is 41.4. The summed E-state index contributed by atoms with van der Waals surface area (Å²) in [5.41, 5.74) is 1.79. The molecule has 0 saturated carbocycles. The minimum atomic E-state index is -0.327. The molecule has 0 radical (unpaired) electrons. The van der Waals surface area contributed by atoms with Gasteiger partial charge in [-0.1, -0.05) is 6.07 Å². The number of carbonyl (C=O) groups excluding carboxylic acids is 2. The molecule has 0 spiro atoms. The van der Waals surface area contributed by atoms with E-state index in [1.54, 1.807) is 22.9 Å². The van der Waals surface area contributed by atoms with Gasteiger partial charge in [-0.15, -0.1) is 0 Å². The van der Waals surface area contributed by atoms with Gasteiger partial charge in [-0.3, -0.25) is 14.4 Å². The molecule has 1 unspecified atom stereocenters. The first kappa shape index (κ1) is 12.9. The van der Waals surface area contributed by atoms with Gasteiger partial charge in [0, 0.05) is 44.7 Å². The Hall–Kier alpha value is -2.11. The highest BCUT2D eigenvalue weighted by Gasteiger charge is 2.36. The summed E-state index contributed by atoms with van der Waals surface area (Å²) in [7, 11) is 1.69. The van der Waals surface area contributed by atoms with Crippen molar-refractivity contribution < 1.29 is 9.59 Å². The van der Waals surface area contributed by atoms with Crippen molar-refractivity contribution in [1.82, 2.24) is 14.8 Å². The van der Waals surface area contributed by atoms with Crippen LogP contribution in [0.2, 0.25) is 0 Å². The Labute approximate surface area is 116 Å². The topological polar surface area (TPSA) is 73.5 Å². The van der Waals surface area contributed by atoms with Gasteiger partial charge < -0.3 is 14.8 Å². The van der Waals surface area contributed by atoms with Gasteiger partial charge in [-0.25, -0.2) is 0 Å². The smallest absolute Gasteiger partial charge is 0.248 e. The number of aromatic amines is 1. The van der Waals surface area contributed by atoms with Crippen molar-refractivity contribution in [3.63, 3.8) is 0 Å². The van der Waals surface area contributed by atoms with Crippen LogP contribution in [0.3, 0.4) is 0 Å². The molecule has 3 rings (SSSR count). The lowest BCUT2D eigenvalue weighted by molar-refractivity contribution is -0.141. The summed E-state index contributed by atoms with van der Waals surface area (Å²) in [6.07, 6.45) is 1.70. The van der Waals surface area contributed by atoms with Crippen LogP contribution >= 0.6 is 0 Å². The summed E-state index contributed by atoms with van der Waals surface area (Å²) in [5.74, 6) is 0.0419. The second kappa shape index (κ2) is 4.77. The maximum atomic E-state index is 12.5. The number of fused-ring (bicyclic) bond motifs is 1. The molecule has 2 aliphatic heterocycles. The highest BCUT2D eigenvalue weighted by Crippen LogP contribution is 2.22. The van der Waals surface area contributed by atoms with Gasteiger partial charge in [0.15, 0.2) is 0 Å². The average Bonchev–Trinajstić information content (AvgIpc) is 2.77. The molecule has 20 heavy (non-hydrogen) atoms. The molecule has 1 atom stereocenters. The third kappa shape index (κ3) is 2.11. The summed E-state index contributed by atoms with van der Waals surface area (Å²) < 4.78 is 0. The van der Waals surface area contributed by atoms with E-state index in [2.05, 4.69) is 4.98 Å². The molecular formula is C14H17N3O3. The molecule has 2 aliphatic rings. The lowest BCUT2D eigenvalue weighted by atomic mass is 10.0. The Morgan fingerprint density at radius 1 is 1.30 bits per heavy atom. The van der Waals surface area contributed by atoms with Crippen molar-refractivity contribution in [3.8, 4) is 0 Å². The van der Waals surface area contributed by atoms with Crippen LogP contribution in [0.1, 0.15) is 24.1 Å². The van der Waals surface area contributed by atoms with Crippen LogP contribution < -0.4 is 5.56 Å². The Morgan fingerprint density at radius 3 is 2.80 bits per heavy atom. The van der Waals surface area contributed by atoms with E-state index in [0.717, 1.165) is 11.3 Å². The van der Waals surface area contributed by atoms with Crippen molar-refractivity contribution in [2.45, 2.75) is 31.8 Å². The lowest BCUT2D eigenvalue weighted by Gasteiger charge is -2.32. The van der Waals surface area contributed by atoms with E-state index in [1.807, 2.05) is 0 Å². The van der Waals surface area contributed by atoms with Crippen molar-refractivity contribution in [2.75, 3.05) is 13.6 Å². The van der Waals surface area contributed by atoms with Gasteiger partial charge >= 0.3 is 0 Å². The number of carbonyl (C=O) groups is 2. The molecule has 1 saturated heterocycles. The third-order valence-electron chi connectivity index (χ3n) is 4.18. The molecule has 106 valence electrons.